The van der Waals surface area contributed by atoms with Gasteiger partial charge in [-0.15, -0.1) is 0 Å². The lowest BCUT2D eigenvalue weighted by Crippen LogP contribution is -2.48. The normalized spacial score (nSPS) is 16.3. The van der Waals surface area contributed by atoms with E-state index in [0.717, 1.165) is 23.7 Å². The Morgan fingerprint density at radius 1 is 1.00 bits per heavy atom. The van der Waals surface area contributed by atoms with Crippen LogP contribution in [-0.4, -0.2) is 41.9 Å². The van der Waals surface area contributed by atoms with Gasteiger partial charge in [0.2, 0.25) is 0 Å². The summed E-state index contributed by atoms with van der Waals surface area (Å²) in [6.45, 7) is 27.1. The van der Waals surface area contributed by atoms with Crippen molar-refractivity contribution >= 4 is 22.6 Å². The first-order valence-corrected chi connectivity index (χ1v) is 17.5. The van der Waals surface area contributed by atoms with Crippen LogP contribution in [-0.2, 0) is 18.4 Å². The number of esters is 1. The number of carbonyl (C=O) groups is 1. The van der Waals surface area contributed by atoms with Gasteiger partial charge >= 0.3 is 5.97 Å². The van der Waals surface area contributed by atoms with Gasteiger partial charge in [0.25, 0.3) is 0 Å². The van der Waals surface area contributed by atoms with Gasteiger partial charge in [0, 0.05) is 11.5 Å². The summed E-state index contributed by atoms with van der Waals surface area (Å²) < 4.78 is 18.6. The highest BCUT2D eigenvalue weighted by atomic mass is 28.4. The molecule has 0 aliphatic carbocycles. The van der Waals surface area contributed by atoms with E-state index >= 15 is 0 Å². The summed E-state index contributed by atoms with van der Waals surface area (Å²) in [5, 5.41) is 0.138. The van der Waals surface area contributed by atoms with Crippen LogP contribution in [0.3, 0.4) is 0 Å². The fourth-order valence-corrected chi connectivity index (χ4v) is 7.40. The van der Waals surface area contributed by atoms with Crippen LogP contribution in [0.25, 0.3) is 0 Å². The highest BCUT2D eigenvalue weighted by molar-refractivity contribution is 6.74. The fraction of sp³-hybridized carbons (Fsp3) is 0.800. The average molecular weight is 471 g/mol. The summed E-state index contributed by atoms with van der Waals surface area (Å²) in [6, 6.07) is 3.41. The molecule has 0 heterocycles. The van der Waals surface area contributed by atoms with E-state index in [-0.39, 0.29) is 23.0 Å². The summed E-state index contributed by atoms with van der Waals surface area (Å²) in [5.41, 5.74) is 1.67. The van der Waals surface area contributed by atoms with Gasteiger partial charge in [-0.2, -0.15) is 0 Å². The van der Waals surface area contributed by atoms with E-state index < -0.39 is 16.6 Å². The molecule has 0 unspecified atom stereocenters. The monoisotopic (exact) mass is 470 g/mol. The van der Waals surface area contributed by atoms with Crippen molar-refractivity contribution in [1.29, 1.82) is 0 Å². The summed E-state index contributed by atoms with van der Waals surface area (Å²) in [7, 11) is -3.65. The second kappa shape index (κ2) is 13.1. The SMILES string of the molecule is CCOC(=O)/C(C)=C/C(C)=C/[C@@H](C)[C@@H](CO[Si](CC)(CC)CC)O[Si](C)(C)C(C)(C)C. The largest absolute Gasteiger partial charge is 0.463 e. The van der Waals surface area contributed by atoms with Crippen LogP contribution in [0, 0.1) is 5.92 Å². The number of hydrogen-bond acceptors (Lipinski definition) is 4. The predicted molar refractivity (Wildman–Crippen MR) is 139 cm³/mol. The van der Waals surface area contributed by atoms with Gasteiger partial charge in [-0.25, -0.2) is 4.79 Å². The van der Waals surface area contributed by atoms with Crippen LogP contribution >= 0.6 is 0 Å². The highest BCUT2D eigenvalue weighted by Gasteiger charge is 2.41. The molecule has 0 N–H and O–H groups in total. The molecule has 182 valence electrons. The van der Waals surface area contributed by atoms with Gasteiger partial charge in [-0.3, -0.25) is 0 Å². The summed E-state index contributed by atoms with van der Waals surface area (Å²) in [5.74, 6) is -0.0810. The third-order valence-corrected chi connectivity index (χ3v) is 16.0. The number of rotatable bonds is 13. The number of ether oxygens (including phenoxy) is 1. The van der Waals surface area contributed by atoms with Crippen molar-refractivity contribution < 1.29 is 18.4 Å². The lowest BCUT2D eigenvalue weighted by atomic mass is 10.0. The minimum absolute atomic E-state index is 0.00339. The zero-order chi connectivity index (χ0) is 24.5. The molecule has 0 aliphatic heterocycles. The van der Waals surface area contributed by atoms with Crippen molar-refractivity contribution in [2.45, 2.75) is 112 Å². The molecule has 0 fully saturated rings. The summed E-state index contributed by atoms with van der Waals surface area (Å²) >= 11 is 0. The quantitative estimate of drug-likeness (QED) is 0.121. The van der Waals surface area contributed by atoms with Gasteiger partial charge in [0.05, 0.1) is 19.3 Å². The first-order valence-electron chi connectivity index (χ1n) is 12.0. The van der Waals surface area contributed by atoms with Crippen LogP contribution in [0.15, 0.2) is 23.3 Å². The third-order valence-electron chi connectivity index (χ3n) is 6.89. The van der Waals surface area contributed by atoms with Crippen molar-refractivity contribution in [3.05, 3.63) is 23.3 Å². The van der Waals surface area contributed by atoms with Gasteiger partial charge in [-0.05, 0) is 63.1 Å². The molecule has 0 rings (SSSR count). The second-order valence-corrected chi connectivity index (χ2v) is 19.8. The fourth-order valence-electron chi connectivity index (χ4n) is 3.38. The molecule has 6 heteroatoms. The summed E-state index contributed by atoms with van der Waals surface area (Å²) in [4.78, 5) is 12.0. The predicted octanol–water partition coefficient (Wildman–Crippen LogP) is 7.49. The van der Waals surface area contributed by atoms with E-state index in [4.69, 9.17) is 13.6 Å². The minimum Gasteiger partial charge on any atom is -0.463 e. The Morgan fingerprint density at radius 2 is 1.52 bits per heavy atom. The second-order valence-electron chi connectivity index (χ2n) is 10.3. The lowest BCUT2D eigenvalue weighted by Gasteiger charge is -2.41. The summed E-state index contributed by atoms with van der Waals surface area (Å²) in [6.07, 6.45) is 4.11. The van der Waals surface area contributed by atoms with Gasteiger partial charge in [0.15, 0.2) is 16.6 Å². The molecule has 2 atom stereocenters. The lowest BCUT2D eigenvalue weighted by molar-refractivity contribution is -0.138. The molecular formula is C25H50O4Si2. The van der Waals surface area contributed by atoms with Crippen molar-refractivity contribution in [2.24, 2.45) is 5.92 Å². The first kappa shape index (κ1) is 30.3. The van der Waals surface area contributed by atoms with Crippen molar-refractivity contribution in [2.75, 3.05) is 13.2 Å². The van der Waals surface area contributed by atoms with Crippen molar-refractivity contribution in [3.63, 3.8) is 0 Å². The number of allylic oxidation sites excluding steroid dienone is 2. The maximum Gasteiger partial charge on any atom is 0.333 e. The van der Waals surface area contributed by atoms with Gasteiger partial charge in [-0.1, -0.05) is 60.1 Å². The van der Waals surface area contributed by atoms with E-state index in [9.17, 15) is 4.79 Å². The Morgan fingerprint density at radius 3 is 1.94 bits per heavy atom. The zero-order valence-electron chi connectivity index (χ0n) is 22.5. The molecule has 31 heavy (non-hydrogen) atoms. The van der Waals surface area contributed by atoms with E-state index in [1.54, 1.807) is 6.92 Å². The Kier molecular flexibility index (Phi) is 12.8. The molecule has 0 saturated carbocycles. The van der Waals surface area contributed by atoms with Crippen LogP contribution < -0.4 is 0 Å². The van der Waals surface area contributed by atoms with Crippen molar-refractivity contribution in [3.8, 4) is 0 Å². The molecule has 0 saturated heterocycles. The third kappa shape index (κ3) is 9.76. The van der Waals surface area contributed by atoms with Crippen LogP contribution in [0.4, 0.5) is 0 Å². The van der Waals surface area contributed by atoms with E-state index in [1.807, 2.05) is 19.9 Å². The smallest absolute Gasteiger partial charge is 0.333 e. The molecule has 0 aromatic carbocycles. The van der Waals surface area contributed by atoms with E-state index in [0.29, 0.717) is 18.8 Å². The van der Waals surface area contributed by atoms with Crippen LogP contribution in [0.5, 0.6) is 0 Å². The molecule has 0 bridgehead atoms. The molecule has 0 amide bonds. The number of carbonyl (C=O) groups excluding carboxylic acids is 1. The molecule has 0 aliphatic rings. The standard InChI is InChI=1S/C25H50O4Si2/c1-13-27-24(26)22(7)18-20(5)17-21(6)23(29-30(11,12)25(8,9)10)19-28-31(14-2,15-3)16-4/h17-18,21,23H,13-16,19H2,1-12H3/b20-17+,22-18+/t21-,23-/m1/s1. The maximum atomic E-state index is 12.0. The Labute approximate surface area is 195 Å². The topological polar surface area (TPSA) is 44.8 Å². The van der Waals surface area contributed by atoms with E-state index in [2.05, 4.69) is 67.6 Å². The van der Waals surface area contributed by atoms with Gasteiger partial charge < -0.3 is 13.6 Å². The zero-order valence-corrected chi connectivity index (χ0v) is 24.5. The Balaban J connectivity index is 5.75. The number of hydrogen-bond donors (Lipinski definition) is 0. The van der Waals surface area contributed by atoms with E-state index in [1.165, 1.54) is 0 Å². The molecule has 4 nitrogen and oxygen atoms in total. The highest BCUT2D eigenvalue weighted by Crippen LogP contribution is 2.38. The Bertz CT molecular complexity index is 605. The molecular weight excluding hydrogens is 420 g/mol. The minimum atomic E-state index is -1.95. The molecule has 0 aromatic rings. The molecule has 0 spiro atoms. The first-order chi connectivity index (χ1) is 14.2. The molecule has 0 aromatic heterocycles. The van der Waals surface area contributed by atoms with Crippen molar-refractivity contribution in [1.82, 2.24) is 0 Å². The molecule has 0 radical (unpaired) electrons. The van der Waals surface area contributed by atoms with Crippen LogP contribution in [0.2, 0.25) is 36.3 Å². The Hall–Kier alpha value is -0.696. The van der Waals surface area contributed by atoms with Gasteiger partial charge in [0.1, 0.15) is 0 Å². The van der Waals surface area contributed by atoms with Crippen LogP contribution in [0.1, 0.15) is 69.2 Å². The average Bonchev–Trinajstić information content (AvgIpc) is 2.67. The maximum absolute atomic E-state index is 12.0.